The molecule has 2 heterocycles. The molecular formula is C18H24O12. The molecule has 12 nitrogen and oxygen atoms in total. The van der Waals surface area contributed by atoms with Crippen molar-refractivity contribution in [1.29, 1.82) is 0 Å². The predicted octanol–water partition coefficient (Wildman–Crippen LogP) is -1.71. The smallest absolute Gasteiger partial charge is 0.308 e. The van der Waals surface area contributed by atoms with E-state index < -0.39 is 73.1 Å². The molecular weight excluding hydrogens is 408 g/mol. The summed E-state index contributed by atoms with van der Waals surface area (Å²) in [6, 6.07) is 1.07. The minimum Gasteiger partial charge on any atom is -0.481 e. The van der Waals surface area contributed by atoms with Gasteiger partial charge in [0, 0.05) is 6.07 Å². The van der Waals surface area contributed by atoms with Gasteiger partial charge in [0.15, 0.2) is 0 Å². The molecule has 5 N–H and O–H groups in total. The number of hydrogen-bond donors (Lipinski definition) is 5. The highest BCUT2D eigenvalue weighted by molar-refractivity contribution is 5.73. The molecule has 30 heavy (non-hydrogen) atoms. The molecule has 0 unspecified atom stereocenters. The Hall–Kier alpha value is -2.51. The minimum atomic E-state index is -1.85. The summed E-state index contributed by atoms with van der Waals surface area (Å²) in [5.41, 5.74) is -2.42. The number of hydrogen-bond acceptors (Lipinski definition) is 11. The number of aliphatic carboxylic acids is 1. The third kappa shape index (κ3) is 6.00. The summed E-state index contributed by atoms with van der Waals surface area (Å²) < 4.78 is 20.6. The Morgan fingerprint density at radius 2 is 1.83 bits per heavy atom. The topological polar surface area (TPSA) is 193 Å². The second-order valence-electron chi connectivity index (χ2n) is 7.23. The van der Waals surface area contributed by atoms with E-state index >= 15 is 0 Å². The normalized spacial score (nSPS) is 28.4. The zero-order chi connectivity index (χ0) is 22.6. The lowest BCUT2D eigenvalue weighted by molar-refractivity contribution is -0.279. The van der Waals surface area contributed by atoms with E-state index in [1.807, 2.05) is 0 Å². The van der Waals surface area contributed by atoms with Crippen LogP contribution in [-0.2, 0) is 19.1 Å². The van der Waals surface area contributed by atoms with Gasteiger partial charge in [-0.3, -0.25) is 14.4 Å². The van der Waals surface area contributed by atoms with Crippen molar-refractivity contribution < 1.29 is 53.7 Å². The molecule has 1 aromatic rings. The minimum absolute atomic E-state index is 0.0857. The van der Waals surface area contributed by atoms with E-state index in [1.165, 1.54) is 6.92 Å². The number of rotatable bonds is 8. The molecule has 0 spiro atoms. The van der Waals surface area contributed by atoms with Gasteiger partial charge in [0.1, 0.15) is 36.8 Å². The molecule has 0 bridgehead atoms. The van der Waals surface area contributed by atoms with Crippen molar-refractivity contribution in [2.75, 3.05) is 6.61 Å². The molecule has 0 radical (unpaired) electrons. The van der Waals surface area contributed by atoms with Crippen LogP contribution in [0.4, 0.5) is 0 Å². The summed E-state index contributed by atoms with van der Waals surface area (Å²) in [5.74, 6) is -2.47. The van der Waals surface area contributed by atoms with Crippen LogP contribution >= 0.6 is 0 Å². The van der Waals surface area contributed by atoms with Crippen molar-refractivity contribution in [3.63, 3.8) is 0 Å². The molecule has 1 aromatic heterocycles. The molecule has 1 aliphatic heterocycles. The number of aryl methyl sites for hydroxylation is 1. The average molecular weight is 432 g/mol. The Kier molecular flexibility index (Phi) is 7.55. The molecule has 0 saturated carbocycles. The summed E-state index contributed by atoms with van der Waals surface area (Å²) in [6.07, 6.45) is -8.28. The highest BCUT2D eigenvalue weighted by Gasteiger charge is 2.46. The number of carboxylic acid groups (broad SMARTS) is 1. The molecule has 1 aliphatic rings. The molecule has 0 aromatic carbocycles. The number of carboxylic acids is 1. The Morgan fingerprint density at radius 1 is 1.17 bits per heavy atom. The maximum absolute atomic E-state index is 11.9. The first kappa shape index (κ1) is 23.8. The lowest BCUT2D eigenvalue weighted by Crippen LogP contribution is -2.60. The molecule has 0 amide bonds. The van der Waals surface area contributed by atoms with Crippen LogP contribution in [0.2, 0.25) is 0 Å². The third-order valence-corrected chi connectivity index (χ3v) is 4.38. The largest absolute Gasteiger partial charge is 0.481 e. The average Bonchev–Trinajstić information content (AvgIpc) is 2.62. The number of carbonyl (C=O) groups is 2. The number of aliphatic hydroxyl groups is 4. The van der Waals surface area contributed by atoms with Crippen LogP contribution in [0.3, 0.4) is 0 Å². The van der Waals surface area contributed by atoms with Crippen molar-refractivity contribution in [2.45, 2.75) is 63.0 Å². The lowest BCUT2D eigenvalue weighted by atomic mass is 9.98. The Bertz CT molecular complexity index is 816. The van der Waals surface area contributed by atoms with Gasteiger partial charge in [0.25, 0.3) is 0 Å². The highest BCUT2D eigenvalue weighted by atomic mass is 16.7. The quantitative estimate of drug-likeness (QED) is 0.293. The Balaban J connectivity index is 2.03. The van der Waals surface area contributed by atoms with Gasteiger partial charge in [-0.15, -0.1) is 0 Å². The van der Waals surface area contributed by atoms with Gasteiger partial charge in [-0.05, 0) is 13.8 Å². The summed E-state index contributed by atoms with van der Waals surface area (Å²) in [6.45, 7) is 1.97. The zero-order valence-corrected chi connectivity index (χ0v) is 16.3. The van der Waals surface area contributed by atoms with Crippen LogP contribution in [0.25, 0.3) is 0 Å². The number of ether oxygens (including phenoxy) is 3. The maximum atomic E-state index is 11.9. The van der Waals surface area contributed by atoms with E-state index in [0.29, 0.717) is 0 Å². The number of esters is 1. The SMILES string of the molecule is Cc1occc(=O)c1O[C@H]1O[C@H](COC(=O)C[C@](C)(O)CC(=O)O)[C@@H](O)[C@H](O)[C@H]1O. The molecule has 12 heteroatoms. The molecule has 168 valence electrons. The van der Waals surface area contributed by atoms with Crippen LogP contribution in [0.1, 0.15) is 25.5 Å². The maximum Gasteiger partial charge on any atom is 0.308 e. The first-order valence-corrected chi connectivity index (χ1v) is 8.96. The fourth-order valence-electron chi connectivity index (χ4n) is 2.83. The first-order chi connectivity index (χ1) is 13.9. The van der Waals surface area contributed by atoms with Crippen molar-refractivity contribution in [3.05, 3.63) is 28.3 Å². The van der Waals surface area contributed by atoms with Crippen LogP contribution in [0.15, 0.2) is 21.5 Å². The van der Waals surface area contributed by atoms with Crippen molar-refractivity contribution in [3.8, 4) is 5.75 Å². The predicted molar refractivity (Wildman–Crippen MR) is 95.5 cm³/mol. The van der Waals surface area contributed by atoms with Crippen LogP contribution < -0.4 is 10.2 Å². The molecule has 6 atom stereocenters. The lowest BCUT2D eigenvalue weighted by Gasteiger charge is -2.39. The first-order valence-electron chi connectivity index (χ1n) is 8.96. The van der Waals surface area contributed by atoms with Crippen molar-refractivity contribution in [2.24, 2.45) is 0 Å². The van der Waals surface area contributed by atoms with Crippen LogP contribution in [0.5, 0.6) is 5.75 Å². The van der Waals surface area contributed by atoms with Crippen LogP contribution in [0, 0.1) is 6.92 Å². The van der Waals surface area contributed by atoms with E-state index in [4.69, 9.17) is 23.7 Å². The van der Waals surface area contributed by atoms with Gasteiger partial charge in [0.05, 0.1) is 24.7 Å². The number of carbonyl (C=O) groups excluding carboxylic acids is 1. The Labute approximate surface area is 170 Å². The van der Waals surface area contributed by atoms with Gasteiger partial charge in [-0.1, -0.05) is 0 Å². The molecule has 2 rings (SSSR count). The van der Waals surface area contributed by atoms with E-state index in [-0.39, 0.29) is 11.5 Å². The monoisotopic (exact) mass is 432 g/mol. The molecule has 1 saturated heterocycles. The Morgan fingerprint density at radius 3 is 2.43 bits per heavy atom. The molecule has 1 fully saturated rings. The van der Waals surface area contributed by atoms with Crippen LogP contribution in [-0.4, -0.2) is 80.4 Å². The van der Waals surface area contributed by atoms with Gasteiger partial charge in [-0.25, -0.2) is 0 Å². The second-order valence-corrected chi connectivity index (χ2v) is 7.23. The van der Waals surface area contributed by atoms with E-state index in [0.717, 1.165) is 19.3 Å². The van der Waals surface area contributed by atoms with Gasteiger partial charge in [-0.2, -0.15) is 0 Å². The fourth-order valence-corrected chi connectivity index (χ4v) is 2.83. The summed E-state index contributed by atoms with van der Waals surface area (Å²) in [7, 11) is 0. The van der Waals surface area contributed by atoms with Gasteiger partial charge in [0.2, 0.25) is 17.5 Å². The van der Waals surface area contributed by atoms with Gasteiger partial charge >= 0.3 is 11.9 Å². The van der Waals surface area contributed by atoms with Crippen molar-refractivity contribution >= 4 is 11.9 Å². The summed E-state index contributed by atoms with van der Waals surface area (Å²) >= 11 is 0. The fraction of sp³-hybridized carbons (Fsp3) is 0.611. The van der Waals surface area contributed by atoms with E-state index in [2.05, 4.69) is 0 Å². The summed E-state index contributed by atoms with van der Waals surface area (Å²) in [5, 5.41) is 48.8. The zero-order valence-electron chi connectivity index (χ0n) is 16.3. The standard InChI is InChI=1S/C18H24O12/c1-8-16(9(19)3-4-27-8)30-17-15(25)14(24)13(23)10(29-17)7-28-12(22)6-18(2,26)5-11(20)21/h3-4,10,13-15,17,23-26H,5-7H2,1-2H3,(H,20,21)/t10-,13-,14+,15-,17-,18-/m1/s1. The molecule has 0 aliphatic carbocycles. The van der Waals surface area contributed by atoms with Crippen molar-refractivity contribution in [1.82, 2.24) is 0 Å². The highest BCUT2D eigenvalue weighted by Crippen LogP contribution is 2.25. The summed E-state index contributed by atoms with van der Waals surface area (Å²) in [4.78, 5) is 34.5. The van der Waals surface area contributed by atoms with E-state index in [9.17, 15) is 34.8 Å². The third-order valence-electron chi connectivity index (χ3n) is 4.38. The second kappa shape index (κ2) is 9.53. The number of aliphatic hydroxyl groups excluding tert-OH is 3. The van der Waals surface area contributed by atoms with E-state index in [1.54, 1.807) is 0 Å². The van der Waals surface area contributed by atoms with Gasteiger partial charge < -0.3 is 44.2 Å².